The van der Waals surface area contributed by atoms with Gasteiger partial charge >= 0.3 is 5.97 Å². The Labute approximate surface area is 108 Å². The molecule has 0 saturated heterocycles. The fourth-order valence-corrected chi connectivity index (χ4v) is 2.32. The topological polar surface area (TPSA) is 81.1 Å². The monoisotopic (exact) mass is 253 g/mol. The Hall–Kier alpha value is -1.36. The first-order valence-corrected chi connectivity index (χ1v) is 6.38. The van der Waals surface area contributed by atoms with Crippen LogP contribution in [0.4, 0.5) is 0 Å². The Bertz CT molecular complexity index is 401. The lowest BCUT2D eigenvalue weighted by molar-refractivity contribution is -0.149. The molecule has 0 radical (unpaired) electrons. The van der Waals surface area contributed by atoms with E-state index in [0.29, 0.717) is 18.8 Å². The maximum absolute atomic E-state index is 11.6. The molecule has 5 heteroatoms. The average molecular weight is 253 g/mol. The second-order valence-corrected chi connectivity index (χ2v) is 5.27. The van der Waals surface area contributed by atoms with Crippen LogP contribution in [0.15, 0.2) is 12.4 Å². The molecule has 0 aliphatic rings. The van der Waals surface area contributed by atoms with Gasteiger partial charge < -0.3 is 10.8 Å². The van der Waals surface area contributed by atoms with Crippen molar-refractivity contribution in [1.29, 1.82) is 0 Å². The van der Waals surface area contributed by atoms with E-state index in [0.717, 1.165) is 12.1 Å². The summed E-state index contributed by atoms with van der Waals surface area (Å²) in [6.45, 7) is 6.97. The minimum Gasteiger partial charge on any atom is -0.481 e. The first kappa shape index (κ1) is 14.7. The van der Waals surface area contributed by atoms with E-state index in [2.05, 4.69) is 5.10 Å². The molecule has 0 aliphatic carbocycles. The zero-order valence-corrected chi connectivity index (χ0v) is 11.4. The van der Waals surface area contributed by atoms with E-state index in [1.54, 1.807) is 10.9 Å². The molecule has 0 aromatic carbocycles. The van der Waals surface area contributed by atoms with E-state index in [4.69, 9.17) is 5.73 Å². The molecular weight excluding hydrogens is 230 g/mol. The number of rotatable bonds is 7. The number of carboxylic acid groups (broad SMARTS) is 1. The van der Waals surface area contributed by atoms with Crippen LogP contribution in [0.25, 0.3) is 0 Å². The maximum Gasteiger partial charge on any atom is 0.311 e. The highest BCUT2D eigenvalue weighted by Gasteiger charge is 2.38. The van der Waals surface area contributed by atoms with Gasteiger partial charge in [0.25, 0.3) is 0 Å². The van der Waals surface area contributed by atoms with E-state index in [-0.39, 0.29) is 6.54 Å². The third-order valence-corrected chi connectivity index (χ3v) is 3.20. The van der Waals surface area contributed by atoms with Crippen molar-refractivity contribution < 1.29 is 9.90 Å². The minimum absolute atomic E-state index is 0.151. The third-order valence-electron chi connectivity index (χ3n) is 3.20. The van der Waals surface area contributed by atoms with Gasteiger partial charge in [-0.1, -0.05) is 13.8 Å². The normalized spacial score (nSPS) is 14.7. The van der Waals surface area contributed by atoms with Gasteiger partial charge in [0.05, 0.1) is 11.6 Å². The summed E-state index contributed by atoms with van der Waals surface area (Å²) in [5.74, 6) is -0.520. The Kier molecular flexibility index (Phi) is 4.90. The summed E-state index contributed by atoms with van der Waals surface area (Å²) >= 11 is 0. The molecule has 0 bridgehead atoms. The second-order valence-electron chi connectivity index (χ2n) is 5.27. The number of aromatic nitrogens is 2. The molecule has 5 nitrogen and oxygen atoms in total. The molecule has 1 aromatic rings. The highest BCUT2D eigenvalue weighted by atomic mass is 16.4. The number of nitrogens with zero attached hydrogens (tertiary/aromatic N) is 2. The Balaban J connectivity index is 2.93. The molecule has 1 unspecified atom stereocenters. The van der Waals surface area contributed by atoms with Crippen LogP contribution in [0, 0.1) is 11.3 Å². The minimum atomic E-state index is -0.879. The van der Waals surface area contributed by atoms with Crippen LogP contribution in [-0.4, -0.2) is 27.4 Å². The van der Waals surface area contributed by atoms with Crippen molar-refractivity contribution in [2.24, 2.45) is 17.1 Å². The summed E-state index contributed by atoms with van der Waals surface area (Å²) in [5, 5.41) is 13.7. The van der Waals surface area contributed by atoms with Crippen LogP contribution in [0.5, 0.6) is 0 Å². The number of hydrogen-bond acceptors (Lipinski definition) is 3. The molecule has 18 heavy (non-hydrogen) atoms. The zero-order valence-electron chi connectivity index (χ0n) is 11.4. The second kappa shape index (κ2) is 6.00. The number of aryl methyl sites for hydroxylation is 1. The fraction of sp³-hybridized carbons (Fsp3) is 0.692. The zero-order chi connectivity index (χ0) is 13.8. The largest absolute Gasteiger partial charge is 0.481 e. The average Bonchev–Trinajstić information content (AvgIpc) is 2.74. The number of nitrogens with two attached hydrogens (primary N) is 1. The fourth-order valence-electron chi connectivity index (χ4n) is 2.32. The predicted molar refractivity (Wildman–Crippen MR) is 70.2 cm³/mol. The van der Waals surface area contributed by atoms with Gasteiger partial charge in [0.2, 0.25) is 0 Å². The van der Waals surface area contributed by atoms with E-state index in [1.807, 2.05) is 27.0 Å². The van der Waals surface area contributed by atoms with E-state index in [1.165, 1.54) is 0 Å². The first-order valence-electron chi connectivity index (χ1n) is 6.38. The van der Waals surface area contributed by atoms with Crippen molar-refractivity contribution in [3.05, 3.63) is 18.0 Å². The smallest absolute Gasteiger partial charge is 0.311 e. The molecule has 3 N–H and O–H groups in total. The molecule has 1 atom stereocenters. The number of aliphatic carboxylic acids is 1. The molecule has 0 fully saturated rings. The first-order chi connectivity index (χ1) is 8.43. The standard InChI is InChI=1S/C13H23N3O2/c1-4-16-8-11(7-15-16)6-13(9-14,12(17)18)5-10(2)3/h7-8,10H,4-6,9,14H2,1-3H3,(H,17,18). The lowest BCUT2D eigenvalue weighted by atomic mass is 9.76. The van der Waals surface area contributed by atoms with Gasteiger partial charge in [-0.05, 0) is 31.2 Å². The van der Waals surface area contributed by atoms with Gasteiger partial charge in [0.15, 0.2) is 0 Å². The molecule has 0 saturated carbocycles. The summed E-state index contributed by atoms with van der Waals surface area (Å²) in [6, 6.07) is 0. The molecule has 102 valence electrons. The molecule has 1 aromatic heterocycles. The SMILES string of the molecule is CCn1cc(CC(CN)(CC(C)C)C(=O)O)cn1. The van der Waals surface area contributed by atoms with Crippen LogP contribution < -0.4 is 5.73 Å². The lowest BCUT2D eigenvalue weighted by Crippen LogP contribution is -2.41. The van der Waals surface area contributed by atoms with E-state index >= 15 is 0 Å². The van der Waals surface area contributed by atoms with Gasteiger partial charge in [-0.15, -0.1) is 0 Å². The molecular formula is C13H23N3O2. The number of carboxylic acids is 1. The van der Waals surface area contributed by atoms with Crippen LogP contribution in [-0.2, 0) is 17.8 Å². The maximum atomic E-state index is 11.6. The Morgan fingerprint density at radius 2 is 2.28 bits per heavy atom. The summed E-state index contributed by atoms with van der Waals surface area (Å²) < 4.78 is 1.80. The van der Waals surface area contributed by atoms with Gasteiger partial charge in [0.1, 0.15) is 0 Å². The summed E-state index contributed by atoms with van der Waals surface area (Å²) in [5.41, 5.74) is 5.79. The molecule has 1 rings (SSSR count). The molecule has 0 aliphatic heterocycles. The van der Waals surface area contributed by atoms with Crippen LogP contribution in [0.3, 0.4) is 0 Å². The molecule has 0 spiro atoms. The lowest BCUT2D eigenvalue weighted by Gasteiger charge is -2.29. The summed E-state index contributed by atoms with van der Waals surface area (Å²) in [4.78, 5) is 11.6. The van der Waals surface area contributed by atoms with Crippen molar-refractivity contribution >= 4 is 5.97 Å². The van der Waals surface area contributed by atoms with Gasteiger partial charge in [-0.3, -0.25) is 9.48 Å². The summed E-state index contributed by atoms with van der Waals surface area (Å²) in [7, 11) is 0. The van der Waals surface area contributed by atoms with E-state index < -0.39 is 11.4 Å². The molecule has 1 heterocycles. The third kappa shape index (κ3) is 3.32. The van der Waals surface area contributed by atoms with Gasteiger partial charge in [-0.25, -0.2) is 0 Å². The van der Waals surface area contributed by atoms with Crippen molar-refractivity contribution in [2.45, 2.75) is 40.2 Å². The summed E-state index contributed by atoms with van der Waals surface area (Å²) in [6.07, 6.45) is 4.65. The highest BCUT2D eigenvalue weighted by Crippen LogP contribution is 2.30. The number of hydrogen-bond donors (Lipinski definition) is 2. The predicted octanol–water partition coefficient (Wildman–Crippen LogP) is 1.52. The Morgan fingerprint density at radius 3 is 2.67 bits per heavy atom. The van der Waals surface area contributed by atoms with Gasteiger partial charge in [0, 0.05) is 19.3 Å². The van der Waals surface area contributed by atoms with Crippen molar-refractivity contribution in [3.63, 3.8) is 0 Å². The highest BCUT2D eigenvalue weighted by molar-refractivity contribution is 5.75. The quantitative estimate of drug-likeness (QED) is 0.772. The van der Waals surface area contributed by atoms with Crippen LogP contribution in [0.2, 0.25) is 0 Å². The molecule has 0 amide bonds. The Morgan fingerprint density at radius 1 is 1.61 bits per heavy atom. The van der Waals surface area contributed by atoms with E-state index in [9.17, 15) is 9.90 Å². The van der Waals surface area contributed by atoms with Crippen LogP contribution in [0.1, 0.15) is 32.8 Å². The van der Waals surface area contributed by atoms with Crippen LogP contribution >= 0.6 is 0 Å². The van der Waals surface area contributed by atoms with Crippen molar-refractivity contribution in [3.8, 4) is 0 Å². The van der Waals surface area contributed by atoms with Crippen molar-refractivity contribution in [2.75, 3.05) is 6.54 Å². The van der Waals surface area contributed by atoms with Crippen molar-refractivity contribution in [1.82, 2.24) is 9.78 Å². The number of carbonyl (C=O) groups is 1. The van der Waals surface area contributed by atoms with Gasteiger partial charge in [-0.2, -0.15) is 5.10 Å².